The maximum absolute atomic E-state index is 12.6. The van der Waals surface area contributed by atoms with Crippen molar-refractivity contribution >= 4 is 44.6 Å². The fraction of sp³-hybridized carbons (Fsp3) is 0.208. The number of rotatable bonds is 7. The van der Waals surface area contributed by atoms with Crippen molar-refractivity contribution in [2.24, 2.45) is 0 Å². The van der Waals surface area contributed by atoms with E-state index in [9.17, 15) is 4.79 Å². The van der Waals surface area contributed by atoms with Crippen molar-refractivity contribution in [2.75, 3.05) is 0 Å². The van der Waals surface area contributed by atoms with Gasteiger partial charge in [0.15, 0.2) is 5.65 Å². The quantitative estimate of drug-likeness (QED) is 0.356. The molecule has 4 rings (SSSR count). The number of halogens is 2. The molecule has 1 amide bonds. The molecule has 0 radical (unpaired) electrons. The van der Waals surface area contributed by atoms with Crippen molar-refractivity contribution in [3.63, 3.8) is 0 Å². The first kappa shape index (κ1) is 21.5. The monoisotopic (exact) mass is 496 g/mol. The summed E-state index contributed by atoms with van der Waals surface area (Å²) in [5, 5.41) is 3.74. The van der Waals surface area contributed by atoms with E-state index >= 15 is 0 Å². The molecule has 0 fully saturated rings. The van der Waals surface area contributed by atoms with Gasteiger partial charge < -0.3 is 9.88 Å². The van der Waals surface area contributed by atoms with Gasteiger partial charge in [-0.2, -0.15) is 0 Å². The second-order valence-corrected chi connectivity index (χ2v) is 8.78. The van der Waals surface area contributed by atoms with Crippen LogP contribution in [0.3, 0.4) is 0 Å². The van der Waals surface area contributed by atoms with Crippen LogP contribution in [0.4, 0.5) is 0 Å². The van der Waals surface area contributed by atoms with Gasteiger partial charge in [-0.25, -0.2) is 9.97 Å². The van der Waals surface area contributed by atoms with Crippen LogP contribution in [0.15, 0.2) is 71.3 Å². The first-order chi connectivity index (χ1) is 15.0. The minimum absolute atomic E-state index is 0.0161. The van der Waals surface area contributed by atoms with Crippen LogP contribution in [-0.4, -0.2) is 20.4 Å². The van der Waals surface area contributed by atoms with Crippen LogP contribution >= 0.6 is 27.5 Å². The van der Waals surface area contributed by atoms with Gasteiger partial charge in [0.2, 0.25) is 5.91 Å². The summed E-state index contributed by atoms with van der Waals surface area (Å²) in [5.74, 6) is 0.837. The first-order valence-corrected chi connectivity index (χ1v) is 11.3. The Balaban J connectivity index is 1.48. The normalized spacial score (nSPS) is 12.1. The van der Waals surface area contributed by atoms with E-state index in [-0.39, 0.29) is 11.9 Å². The molecule has 0 bridgehead atoms. The third-order valence-electron chi connectivity index (χ3n) is 5.16. The predicted molar refractivity (Wildman–Crippen MR) is 127 cm³/mol. The maximum Gasteiger partial charge on any atom is 0.220 e. The molecule has 1 N–H and O–H groups in total. The molecule has 31 heavy (non-hydrogen) atoms. The summed E-state index contributed by atoms with van der Waals surface area (Å²) in [4.78, 5) is 21.9. The fourth-order valence-corrected chi connectivity index (χ4v) is 3.90. The SMILES string of the molecule is C[C@H](NC(=O)CCc1nc2cccnc2n1Cc1ccc(Br)cc1)c1ccc(Cl)cc1. The number of nitrogens with one attached hydrogen (secondary N) is 1. The fourth-order valence-electron chi connectivity index (χ4n) is 3.51. The number of amides is 1. The molecular formula is C24H22BrClN4O. The third-order valence-corrected chi connectivity index (χ3v) is 5.94. The Kier molecular flexibility index (Phi) is 6.68. The number of aryl methyl sites for hydroxylation is 1. The summed E-state index contributed by atoms with van der Waals surface area (Å²) in [7, 11) is 0. The summed E-state index contributed by atoms with van der Waals surface area (Å²) in [6, 6.07) is 19.4. The molecule has 0 saturated carbocycles. The van der Waals surface area contributed by atoms with Gasteiger partial charge in [0.1, 0.15) is 11.3 Å². The van der Waals surface area contributed by atoms with Crippen LogP contribution in [0.1, 0.15) is 36.3 Å². The Morgan fingerprint density at radius 2 is 1.87 bits per heavy atom. The standard InChI is InChI=1S/C24H22BrClN4O/c1-16(18-6-10-20(26)11-7-18)28-23(31)13-12-22-29-21-3-2-14-27-24(21)30(22)15-17-4-8-19(25)9-5-17/h2-11,14,16H,12-13,15H2,1H3,(H,28,31)/t16-/m0/s1. The number of hydrogen-bond donors (Lipinski definition) is 1. The molecule has 5 nitrogen and oxygen atoms in total. The van der Waals surface area contributed by atoms with Crippen molar-refractivity contribution < 1.29 is 4.79 Å². The van der Waals surface area contributed by atoms with Crippen molar-refractivity contribution in [3.8, 4) is 0 Å². The van der Waals surface area contributed by atoms with Crippen molar-refractivity contribution in [2.45, 2.75) is 32.4 Å². The van der Waals surface area contributed by atoms with Crippen LogP contribution in [0.2, 0.25) is 5.02 Å². The highest BCUT2D eigenvalue weighted by Crippen LogP contribution is 2.19. The van der Waals surface area contributed by atoms with Crippen LogP contribution in [0.5, 0.6) is 0 Å². The zero-order chi connectivity index (χ0) is 21.8. The highest BCUT2D eigenvalue weighted by molar-refractivity contribution is 9.10. The molecule has 0 aliphatic rings. The molecule has 2 heterocycles. The molecule has 0 aliphatic carbocycles. The highest BCUT2D eigenvalue weighted by atomic mass is 79.9. The zero-order valence-corrected chi connectivity index (χ0v) is 19.4. The topological polar surface area (TPSA) is 59.8 Å². The average Bonchev–Trinajstić information content (AvgIpc) is 3.11. The smallest absolute Gasteiger partial charge is 0.220 e. The molecule has 7 heteroatoms. The lowest BCUT2D eigenvalue weighted by Gasteiger charge is -2.15. The summed E-state index contributed by atoms with van der Waals surface area (Å²) in [5.41, 5.74) is 3.83. The van der Waals surface area contributed by atoms with E-state index in [0.717, 1.165) is 32.6 Å². The lowest BCUT2D eigenvalue weighted by atomic mass is 10.1. The van der Waals surface area contributed by atoms with Crippen LogP contribution in [0.25, 0.3) is 11.2 Å². The minimum atomic E-state index is -0.0898. The number of nitrogens with zero attached hydrogens (tertiary/aromatic N) is 3. The lowest BCUT2D eigenvalue weighted by Crippen LogP contribution is -2.27. The van der Waals surface area contributed by atoms with Crippen molar-refractivity contribution in [1.82, 2.24) is 19.9 Å². The van der Waals surface area contributed by atoms with Gasteiger partial charge in [-0.15, -0.1) is 0 Å². The van der Waals surface area contributed by atoms with Crippen molar-refractivity contribution in [1.29, 1.82) is 0 Å². The molecule has 2 aromatic carbocycles. The van der Waals surface area contributed by atoms with E-state index in [2.05, 4.69) is 42.9 Å². The average molecular weight is 498 g/mol. The highest BCUT2D eigenvalue weighted by Gasteiger charge is 2.15. The van der Waals surface area contributed by atoms with Crippen LogP contribution in [-0.2, 0) is 17.8 Å². The number of carbonyl (C=O) groups excluding carboxylic acids is 1. The number of imidazole rings is 1. The number of pyridine rings is 1. The van der Waals surface area contributed by atoms with E-state index in [4.69, 9.17) is 16.6 Å². The molecule has 0 spiro atoms. The van der Waals surface area contributed by atoms with Gasteiger partial charge in [-0.05, 0) is 54.4 Å². The van der Waals surface area contributed by atoms with Gasteiger partial charge >= 0.3 is 0 Å². The van der Waals surface area contributed by atoms with E-state index < -0.39 is 0 Å². The number of hydrogen-bond acceptors (Lipinski definition) is 3. The zero-order valence-electron chi connectivity index (χ0n) is 17.1. The second kappa shape index (κ2) is 9.62. The summed E-state index contributed by atoms with van der Waals surface area (Å²) >= 11 is 9.43. The van der Waals surface area contributed by atoms with Crippen LogP contribution < -0.4 is 5.32 Å². The number of carbonyl (C=O) groups is 1. The molecule has 4 aromatic rings. The Bertz CT molecular complexity index is 1190. The summed E-state index contributed by atoms with van der Waals surface area (Å²) < 4.78 is 3.13. The second-order valence-electron chi connectivity index (χ2n) is 7.43. The Hall–Kier alpha value is -2.70. The molecule has 2 aromatic heterocycles. The van der Waals surface area contributed by atoms with E-state index in [1.54, 1.807) is 6.20 Å². The van der Waals surface area contributed by atoms with Crippen molar-refractivity contribution in [3.05, 3.63) is 93.3 Å². The number of fused-ring (bicyclic) bond motifs is 1. The van der Waals surface area contributed by atoms with E-state index in [0.29, 0.717) is 24.4 Å². The predicted octanol–water partition coefficient (Wildman–Crippen LogP) is 5.71. The third kappa shape index (κ3) is 5.32. The van der Waals surface area contributed by atoms with Gasteiger partial charge in [0, 0.05) is 28.5 Å². The maximum atomic E-state index is 12.6. The molecule has 158 valence electrons. The molecule has 0 saturated heterocycles. The lowest BCUT2D eigenvalue weighted by molar-refractivity contribution is -0.121. The van der Waals surface area contributed by atoms with Gasteiger partial charge in [0.05, 0.1) is 12.6 Å². The minimum Gasteiger partial charge on any atom is -0.350 e. The molecule has 0 aliphatic heterocycles. The van der Waals surface area contributed by atoms with E-state index in [1.165, 1.54) is 0 Å². The van der Waals surface area contributed by atoms with Gasteiger partial charge in [-0.3, -0.25) is 4.79 Å². The Labute approximate surface area is 194 Å². The molecule has 0 unspecified atom stereocenters. The first-order valence-electron chi connectivity index (χ1n) is 10.1. The summed E-state index contributed by atoms with van der Waals surface area (Å²) in [6.45, 7) is 2.62. The Morgan fingerprint density at radius 1 is 1.13 bits per heavy atom. The number of aromatic nitrogens is 3. The molecular weight excluding hydrogens is 476 g/mol. The summed E-state index contributed by atoms with van der Waals surface area (Å²) in [6.07, 6.45) is 2.65. The van der Waals surface area contributed by atoms with Gasteiger partial charge in [0.25, 0.3) is 0 Å². The van der Waals surface area contributed by atoms with Gasteiger partial charge in [-0.1, -0.05) is 51.8 Å². The largest absolute Gasteiger partial charge is 0.350 e. The molecule has 1 atom stereocenters. The Morgan fingerprint density at radius 3 is 2.61 bits per heavy atom. The van der Waals surface area contributed by atoms with E-state index in [1.807, 2.05) is 55.5 Å². The number of benzene rings is 2. The van der Waals surface area contributed by atoms with Crippen LogP contribution in [0, 0.1) is 0 Å².